The van der Waals surface area contributed by atoms with Crippen molar-refractivity contribution in [2.75, 3.05) is 20.2 Å². The highest BCUT2D eigenvalue weighted by Gasteiger charge is 2.32. The summed E-state index contributed by atoms with van der Waals surface area (Å²) < 4.78 is 7.53. The first-order chi connectivity index (χ1) is 9.28. The molecule has 0 amide bonds. The molecule has 1 aromatic heterocycles. The molecular formula is C13H22N4O2. The summed E-state index contributed by atoms with van der Waals surface area (Å²) in [5, 5.41) is 18.5. The Bertz CT molecular complexity index is 434. The monoisotopic (exact) mass is 266 g/mol. The zero-order chi connectivity index (χ0) is 13.2. The van der Waals surface area contributed by atoms with E-state index in [-0.39, 0.29) is 6.10 Å². The second-order valence-electron chi connectivity index (χ2n) is 5.53. The van der Waals surface area contributed by atoms with Crippen molar-refractivity contribution in [1.29, 1.82) is 0 Å². The Hall–Kier alpha value is -0.980. The van der Waals surface area contributed by atoms with Crippen molar-refractivity contribution in [2.45, 2.75) is 51.0 Å². The Kier molecular flexibility index (Phi) is 3.81. The van der Waals surface area contributed by atoms with Crippen molar-refractivity contribution in [3.05, 3.63) is 11.6 Å². The van der Waals surface area contributed by atoms with Crippen molar-refractivity contribution in [1.82, 2.24) is 19.7 Å². The molecule has 0 spiro atoms. The van der Waals surface area contributed by atoms with Crippen LogP contribution in [0.2, 0.25) is 0 Å². The second kappa shape index (κ2) is 5.56. The summed E-state index contributed by atoms with van der Waals surface area (Å²) in [6, 6.07) is 0. The minimum Gasteiger partial charge on any atom is -0.389 e. The minimum atomic E-state index is -0.392. The molecule has 3 rings (SSSR count). The number of β-amino-alcohol motifs (C(OH)–C–C–N with tert-alkyl or cyclic N) is 1. The van der Waals surface area contributed by atoms with Gasteiger partial charge in [-0.25, -0.2) is 0 Å². The van der Waals surface area contributed by atoms with Crippen LogP contribution in [-0.2, 0) is 24.2 Å². The minimum absolute atomic E-state index is 0.0773. The number of hydrogen-bond donors (Lipinski definition) is 1. The molecule has 3 heterocycles. The van der Waals surface area contributed by atoms with Gasteiger partial charge in [-0.2, -0.15) is 0 Å². The number of methoxy groups -OCH3 is 1. The summed E-state index contributed by atoms with van der Waals surface area (Å²) in [5.74, 6) is 2.15. The molecule has 2 aliphatic heterocycles. The number of fused-ring (bicyclic) bond motifs is 1. The molecule has 1 aromatic rings. The fraction of sp³-hybridized carbons (Fsp3) is 0.846. The maximum atomic E-state index is 9.86. The van der Waals surface area contributed by atoms with Gasteiger partial charge in [0.25, 0.3) is 0 Å². The van der Waals surface area contributed by atoms with Gasteiger partial charge in [-0.1, -0.05) is 6.42 Å². The first-order valence-electron chi connectivity index (χ1n) is 7.12. The molecule has 0 radical (unpaired) electrons. The lowest BCUT2D eigenvalue weighted by molar-refractivity contribution is 0.0214. The molecule has 2 aliphatic rings. The number of aryl methyl sites for hydroxylation is 1. The fourth-order valence-corrected chi connectivity index (χ4v) is 3.06. The Morgan fingerprint density at radius 2 is 2.16 bits per heavy atom. The van der Waals surface area contributed by atoms with Crippen LogP contribution in [0.1, 0.15) is 30.9 Å². The lowest BCUT2D eigenvalue weighted by atomic mass is 10.2. The van der Waals surface area contributed by atoms with Gasteiger partial charge in [0.05, 0.1) is 18.8 Å². The van der Waals surface area contributed by atoms with E-state index in [9.17, 15) is 5.11 Å². The molecule has 6 nitrogen and oxygen atoms in total. The number of hydrogen-bond acceptors (Lipinski definition) is 5. The van der Waals surface area contributed by atoms with Crippen LogP contribution in [-0.4, -0.2) is 57.2 Å². The third-order valence-corrected chi connectivity index (χ3v) is 4.17. The topological polar surface area (TPSA) is 63.4 Å². The van der Waals surface area contributed by atoms with Crippen molar-refractivity contribution in [3.8, 4) is 0 Å². The van der Waals surface area contributed by atoms with E-state index in [1.807, 2.05) is 0 Å². The maximum absolute atomic E-state index is 9.86. The Balaban J connectivity index is 1.69. The lowest BCUT2D eigenvalue weighted by Gasteiger charge is -2.15. The summed E-state index contributed by atoms with van der Waals surface area (Å²) in [6.45, 7) is 3.20. The SMILES string of the molecule is CO[C@@H]1CN(Cc2nnc3n2CCCCC3)C[C@H]1O. The van der Waals surface area contributed by atoms with Gasteiger partial charge in [-0.3, -0.25) is 4.90 Å². The van der Waals surface area contributed by atoms with Crippen LogP contribution in [0.4, 0.5) is 0 Å². The molecule has 1 N–H and O–H groups in total. The molecule has 0 bridgehead atoms. The molecule has 106 valence electrons. The number of aromatic nitrogens is 3. The first kappa shape index (κ1) is 13.0. The Labute approximate surface area is 113 Å². The third kappa shape index (κ3) is 2.66. The number of rotatable bonds is 3. The van der Waals surface area contributed by atoms with Gasteiger partial charge in [0.15, 0.2) is 0 Å². The molecule has 1 saturated heterocycles. The molecule has 0 saturated carbocycles. The summed E-state index contributed by atoms with van der Waals surface area (Å²) in [7, 11) is 1.65. The van der Waals surface area contributed by atoms with Crippen molar-refractivity contribution < 1.29 is 9.84 Å². The predicted molar refractivity (Wildman–Crippen MR) is 69.7 cm³/mol. The summed E-state index contributed by atoms with van der Waals surface area (Å²) in [4.78, 5) is 2.20. The highest BCUT2D eigenvalue weighted by molar-refractivity contribution is 4.99. The fourth-order valence-electron chi connectivity index (χ4n) is 3.06. The standard InChI is InChI=1S/C13H22N4O2/c1-19-11-8-16(7-10(11)18)9-13-15-14-12-5-3-2-4-6-17(12)13/h10-11,18H,2-9H2,1H3/t10-,11-/m1/s1. The number of nitrogens with zero attached hydrogens (tertiary/aromatic N) is 4. The van der Waals surface area contributed by atoms with Crippen molar-refractivity contribution in [2.24, 2.45) is 0 Å². The van der Waals surface area contributed by atoms with Gasteiger partial charge in [-0.05, 0) is 12.8 Å². The van der Waals surface area contributed by atoms with E-state index >= 15 is 0 Å². The van der Waals surface area contributed by atoms with Crippen molar-refractivity contribution >= 4 is 0 Å². The quantitative estimate of drug-likeness (QED) is 0.846. The number of likely N-dealkylation sites (tertiary alicyclic amines) is 1. The van der Waals surface area contributed by atoms with Gasteiger partial charge in [0, 0.05) is 33.2 Å². The third-order valence-electron chi connectivity index (χ3n) is 4.17. The smallest absolute Gasteiger partial charge is 0.147 e. The van der Waals surface area contributed by atoms with E-state index in [4.69, 9.17) is 4.74 Å². The van der Waals surface area contributed by atoms with Crippen LogP contribution in [0.15, 0.2) is 0 Å². The normalized spacial score (nSPS) is 28.3. The molecule has 6 heteroatoms. The van der Waals surface area contributed by atoms with Gasteiger partial charge < -0.3 is 14.4 Å². The van der Waals surface area contributed by atoms with Crippen LogP contribution in [0.5, 0.6) is 0 Å². The second-order valence-corrected chi connectivity index (χ2v) is 5.53. The average molecular weight is 266 g/mol. The van der Waals surface area contributed by atoms with Crippen LogP contribution in [0.3, 0.4) is 0 Å². The van der Waals surface area contributed by atoms with Crippen LogP contribution >= 0.6 is 0 Å². The molecular weight excluding hydrogens is 244 g/mol. The molecule has 19 heavy (non-hydrogen) atoms. The Morgan fingerprint density at radius 3 is 2.95 bits per heavy atom. The number of aliphatic hydroxyl groups is 1. The Morgan fingerprint density at radius 1 is 1.26 bits per heavy atom. The highest BCUT2D eigenvalue weighted by Crippen LogP contribution is 2.18. The van der Waals surface area contributed by atoms with E-state index in [0.29, 0.717) is 6.54 Å². The number of ether oxygens (including phenoxy) is 1. The molecule has 0 aliphatic carbocycles. The lowest BCUT2D eigenvalue weighted by Crippen LogP contribution is -2.25. The van der Waals surface area contributed by atoms with E-state index in [1.54, 1.807) is 7.11 Å². The molecule has 0 unspecified atom stereocenters. The van der Waals surface area contributed by atoms with Gasteiger partial charge in [-0.15, -0.1) is 10.2 Å². The van der Waals surface area contributed by atoms with Gasteiger partial charge in [0.2, 0.25) is 0 Å². The van der Waals surface area contributed by atoms with Crippen LogP contribution < -0.4 is 0 Å². The molecule has 1 fully saturated rings. The van der Waals surface area contributed by atoms with Crippen LogP contribution in [0.25, 0.3) is 0 Å². The number of aliphatic hydroxyl groups excluding tert-OH is 1. The molecule has 2 atom stereocenters. The van der Waals surface area contributed by atoms with E-state index in [0.717, 1.165) is 37.7 Å². The van der Waals surface area contributed by atoms with E-state index in [1.165, 1.54) is 19.3 Å². The van der Waals surface area contributed by atoms with Gasteiger partial charge in [0.1, 0.15) is 11.6 Å². The zero-order valence-corrected chi connectivity index (χ0v) is 11.5. The molecule has 0 aromatic carbocycles. The van der Waals surface area contributed by atoms with Crippen LogP contribution in [0, 0.1) is 0 Å². The zero-order valence-electron chi connectivity index (χ0n) is 11.5. The average Bonchev–Trinajstić information content (AvgIpc) is 2.85. The maximum Gasteiger partial charge on any atom is 0.147 e. The van der Waals surface area contributed by atoms with E-state index in [2.05, 4.69) is 19.7 Å². The van der Waals surface area contributed by atoms with Gasteiger partial charge >= 0.3 is 0 Å². The largest absolute Gasteiger partial charge is 0.389 e. The van der Waals surface area contributed by atoms with E-state index < -0.39 is 6.10 Å². The summed E-state index contributed by atoms with van der Waals surface area (Å²) in [5.41, 5.74) is 0. The first-order valence-corrected chi connectivity index (χ1v) is 7.12. The van der Waals surface area contributed by atoms with Crippen molar-refractivity contribution in [3.63, 3.8) is 0 Å². The summed E-state index contributed by atoms with van der Waals surface area (Å²) >= 11 is 0. The highest BCUT2D eigenvalue weighted by atomic mass is 16.5. The predicted octanol–water partition coefficient (Wildman–Crippen LogP) is 0.196. The summed E-state index contributed by atoms with van der Waals surface area (Å²) in [6.07, 6.45) is 4.27.